The van der Waals surface area contributed by atoms with Crippen LogP contribution in [-0.2, 0) is 17.9 Å². The highest BCUT2D eigenvalue weighted by Crippen LogP contribution is 2.21. The third-order valence-electron chi connectivity index (χ3n) is 5.89. The molecule has 0 unspecified atom stereocenters. The molecular formula is C26H29N5O2S. The molecular weight excluding hydrogens is 446 g/mol. The van der Waals surface area contributed by atoms with Gasteiger partial charge in [-0.05, 0) is 63.3 Å². The largest absolute Gasteiger partial charge is 0.352 e. The van der Waals surface area contributed by atoms with Crippen LogP contribution in [0.15, 0.2) is 58.2 Å². The molecule has 0 radical (unpaired) electrons. The number of nitrogens with zero attached hydrogens (tertiary/aromatic N) is 4. The summed E-state index contributed by atoms with van der Waals surface area (Å²) in [4.78, 5) is 26.6. The zero-order valence-corrected chi connectivity index (χ0v) is 20.8. The van der Waals surface area contributed by atoms with E-state index in [-0.39, 0.29) is 11.5 Å². The number of carbonyl (C=O) groups is 1. The Kier molecular flexibility index (Phi) is 7.17. The number of aromatic nitrogens is 4. The average molecular weight is 476 g/mol. The van der Waals surface area contributed by atoms with Gasteiger partial charge in [0.1, 0.15) is 0 Å². The Labute approximate surface area is 203 Å². The SMILES string of the molecule is CSc1ccc(CNC(=O)CCCn2nc(C)c3c(C)n(-c4ccc(C)cc4)nc3c2=O)cc1. The lowest BCUT2D eigenvalue weighted by Gasteiger charge is -2.08. The smallest absolute Gasteiger partial charge is 0.295 e. The van der Waals surface area contributed by atoms with Crippen molar-refractivity contribution in [1.82, 2.24) is 24.9 Å². The zero-order chi connectivity index (χ0) is 24.2. The summed E-state index contributed by atoms with van der Waals surface area (Å²) < 4.78 is 3.22. The Morgan fingerprint density at radius 2 is 1.71 bits per heavy atom. The van der Waals surface area contributed by atoms with Gasteiger partial charge < -0.3 is 5.32 Å². The molecule has 2 aromatic heterocycles. The average Bonchev–Trinajstić information content (AvgIpc) is 3.19. The van der Waals surface area contributed by atoms with Crippen molar-refractivity contribution in [1.29, 1.82) is 0 Å². The van der Waals surface area contributed by atoms with Crippen LogP contribution in [0.2, 0.25) is 0 Å². The van der Waals surface area contributed by atoms with E-state index >= 15 is 0 Å². The molecule has 2 aromatic carbocycles. The Hall–Kier alpha value is -3.39. The van der Waals surface area contributed by atoms with Gasteiger partial charge in [-0.2, -0.15) is 10.2 Å². The van der Waals surface area contributed by atoms with Crippen LogP contribution in [0.25, 0.3) is 16.6 Å². The van der Waals surface area contributed by atoms with Crippen molar-refractivity contribution in [2.45, 2.75) is 51.6 Å². The summed E-state index contributed by atoms with van der Waals surface area (Å²) >= 11 is 1.69. The predicted molar refractivity (Wildman–Crippen MR) is 137 cm³/mol. The van der Waals surface area contributed by atoms with Crippen molar-refractivity contribution < 1.29 is 4.79 Å². The van der Waals surface area contributed by atoms with Gasteiger partial charge in [0.2, 0.25) is 5.91 Å². The van der Waals surface area contributed by atoms with Crippen molar-refractivity contribution in [2.24, 2.45) is 0 Å². The van der Waals surface area contributed by atoms with Gasteiger partial charge in [0.05, 0.1) is 22.5 Å². The molecule has 1 N–H and O–H groups in total. The predicted octanol–water partition coefficient (Wildman–Crippen LogP) is 4.33. The molecule has 7 nitrogen and oxygen atoms in total. The first-order valence-corrected chi connectivity index (χ1v) is 12.5. The first-order valence-electron chi connectivity index (χ1n) is 11.3. The standard InChI is InChI=1S/C26H29N5O2S/c1-17-7-11-21(12-8-17)31-19(3)24-18(2)28-30(26(33)25(24)29-31)15-5-6-23(32)27-16-20-9-13-22(34-4)14-10-20/h7-14H,5-6,15-16H2,1-4H3,(H,27,32). The van der Waals surface area contributed by atoms with Crippen LogP contribution in [0.1, 0.15) is 35.4 Å². The topological polar surface area (TPSA) is 81.8 Å². The van der Waals surface area contributed by atoms with Crippen molar-refractivity contribution in [3.63, 3.8) is 0 Å². The number of hydrogen-bond donors (Lipinski definition) is 1. The van der Waals surface area contributed by atoms with Crippen LogP contribution in [0, 0.1) is 20.8 Å². The Balaban J connectivity index is 1.43. The van der Waals surface area contributed by atoms with E-state index in [1.54, 1.807) is 16.4 Å². The van der Waals surface area contributed by atoms with Crippen LogP contribution >= 0.6 is 11.8 Å². The number of amides is 1. The quantitative estimate of drug-likeness (QED) is 0.384. The fourth-order valence-corrected chi connectivity index (χ4v) is 4.40. The highest BCUT2D eigenvalue weighted by molar-refractivity contribution is 7.98. The van der Waals surface area contributed by atoms with Gasteiger partial charge in [0.15, 0.2) is 5.52 Å². The summed E-state index contributed by atoms with van der Waals surface area (Å²) in [6.45, 7) is 6.73. The molecule has 0 saturated carbocycles. The van der Waals surface area contributed by atoms with Gasteiger partial charge in [0, 0.05) is 24.4 Å². The van der Waals surface area contributed by atoms with E-state index in [0.717, 1.165) is 33.6 Å². The van der Waals surface area contributed by atoms with E-state index in [2.05, 4.69) is 15.5 Å². The van der Waals surface area contributed by atoms with Gasteiger partial charge in [-0.3, -0.25) is 9.59 Å². The summed E-state index contributed by atoms with van der Waals surface area (Å²) in [5.41, 5.74) is 4.94. The normalized spacial score (nSPS) is 11.2. The van der Waals surface area contributed by atoms with Crippen molar-refractivity contribution in [3.05, 3.63) is 81.4 Å². The molecule has 4 aromatic rings. The van der Waals surface area contributed by atoms with E-state index in [0.29, 0.717) is 31.4 Å². The van der Waals surface area contributed by atoms with Gasteiger partial charge in [-0.25, -0.2) is 9.36 Å². The number of nitrogens with one attached hydrogen (secondary N) is 1. The maximum atomic E-state index is 13.1. The Morgan fingerprint density at radius 1 is 1.00 bits per heavy atom. The van der Waals surface area contributed by atoms with Crippen molar-refractivity contribution in [2.75, 3.05) is 6.26 Å². The van der Waals surface area contributed by atoms with E-state index in [1.807, 2.05) is 75.6 Å². The van der Waals surface area contributed by atoms with Gasteiger partial charge >= 0.3 is 0 Å². The second-order valence-corrected chi connectivity index (χ2v) is 9.28. The van der Waals surface area contributed by atoms with Gasteiger partial charge in [-0.1, -0.05) is 29.8 Å². The molecule has 0 bridgehead atoms. The lowest BCUT2D eigenvalue weighted by molar-refractivity contribution is -0.121. The Morgan fingerprint density at radius 3 is 2.38 bits per heavy atom. The molecule has 1 amide bonds. The molecule has 176 valence electrons. The van der Waals surface area contributed by atoms with Crippen LogP contribution < -0.4 is 10.9 Å². The zero-order valence-electron chi connectivity index (χ0n) is 20.0. The van der Waals surface area contributed by atoms with Crippen LogP contribution in [0.5, 0.6) is 0 Å². The summed E-state index contributed by atoms with van der Waals surface area (Å²) in [6.07, 6.45) is 2.88. The fraction of sp³-hybridized carbons (Fsp3) is 0.308. The molecule has 2 heterocycles. The van der Waals surface area contributed by atoms with Crippen molar-refractivity contribution >= 4 is 28.6 Å². The van der Waals surface area contributed by atoms with E-state index in [9.17, 15) is 9.59 Å². The number of rotatable bonds is 8. The molecule has 8 heteroatoms. The molecule has 4 rings (SSSR count). The first-order chi connectivity index (χ1) is 16.4. The third kappa shape index (κ3) is 5.07. The second-order valence-electron chi connectivity index (χ2n) is 8.40. The first kappa shape index (κ1) is 23.8. The molecule has 0 spiro atoms. The lowest BCUT2D eigenvalue weighted by Crippen LogP contribution is -2.26. The highest BCUT2D eigenvalue weighted by atomic mass is 32.2. The summed E-state index contributed by atoms with van der Waals surface area (Å²) in [5.74, 6) is -0.0423. The number of thioether (sulfide) groups is 1. The van der Waals surface area contributed by atoms with Crippen LogP contribution in [-0.4, -0.2) is 31.7 Å². The minimum absolute atomic E-state index is 0.0423. The number of fused-ring (bicyclic) bond motifs is 1. The number of carbonyl (C=O) groups excluding carboxylic acids is 1. The van der Waals surface area contributed by atoms with Crippen LogP contribution in [0.3, 0.4) is 0 Å². The van der Waals surface area contributed by atoms with Gasteiger partial charge in [0.25, 0.3) is 5.56 Å². The van der Waals surface area contributed by atoms with E-state index in [1.165, 1.54) is 9.58 Å². The number of hydrogen-bond acceptors (Lipinski definition) is 5. The van der Waals surface area contributed by atoms with Crippen LogP contribution in [0.4, 0.5) is 0 Å². The maximum Gasteiger partial charge on any atom is 0.295 e. The molecule has 0 aliphatic rings. The molecule has 0 atom stereocenters. The molecule has 0 aliphatic heterocycles. The fourth-order valence-electron chi connectivity index (χ4n) is 3.99. The number of benzene rings is 2. The van der Waals surface area contributed by atoms with E-state index in [4.69, 9.17) is 0 Å². The summed E-state index contributed by atoms with van der Waals surface area (Å²) in [7, 11) is 0. The lowest BCUT2D eigenvalue weighted by atomic mass is 10.2. The molecule has 0 fully saturated rings. The summed E-state index contributed by atoms with van der Waals surface area (Å²) in [6, 6.07) is 16.2. The molecule has 0 saturated heterocycles. The second kappa shape index (κ2) is 10.3. The molecule has 0 aliphatic carbocycles. The highest BCUT2D eigenvalue weighted by Gasteiger charge is 2.17. The number of aryl methyl sites for hydroxylation is 4. The minimum Gasteiger partial charge on any atom is -0.352 e. The maximum absolute atomic E-state index is 13.1. The summed E-state index contributed by atoms with van der Waals surface area (Å²) in [5, 5.41) is 12.8. The van der Waals surface area contributed by atoms with E-state index < -0.39 is 0 Å². The third-order valence-corrected chi connectivity index (χ3v) is 6.63. The molecule has 34 heavy (non-hydrogen) atoms. The van der Waals surface area contributed by atoms with Gasteiger partial charge in [-0.15, -0.1) is 11.8 Å². The van der Waals surface area contributed by atoms with Crippen molar-refractivity contribution in [3.8, 4) is 5.69 Å². The minimum atomic E-state index is -0.233. The monoisotopic (exact) mass is 475 g/mol. The Bertz CT molecular complexity index is 1370.